The van der Waals surface area contributed by atoms with Gasteiger partial charge in [0.1, 0.15) is 5.54 Å². The first-order valence-electron chi connectivity index (χ1n) is 8.22. The molecule has 3 amide bonds. The molecule has 1 saturated heterocycles. The lowest BCUT2D eigenvalue weighted by atomic mass is 9.92. The molecule has 0 spiro atoms. The van der Waals surface area contributed by atoms with Gasteiger partial charge in [0.25, 0.3) is 5.91 Å². The highest BCUT2D eigenvalue weighted by Crippen LogP contribution is 2.34. The number of benzene rings is 2. The third kappa shape index (κ3) is 2.97. The van der Waals surface area contributed by atoms with Crippen LogP contribution in [0.2, 0.25) is 5.02 Å². The van der Waals surface area contributed by atoms with Gasteiger partial charge in [-0.3, -0.25) is 9.69 Å². The zero-order chi connectivity index (χ0) is 18.3. The Bertz CT molecular complexity index is 884. The molecule has 0 aromatic heterocycles. The van der Waals surface area contributed by atoms with Crippen LogP contribution in [0.1, 0.15) is 18.1 Å². The fourth-order valence-corrected chi connectivity index (χ4v) is 3.37. The summed E-state index contributed by atoms with van der Waals surface area (Å²) in [5.41, 5.74) is 0.723. The second-order valence-electron chi connectivity index (χ2n) is 6.64. The maximum absolute atomic E-state index is 12.9. The standard InChI is InChI=1S/C19H17ClN2O4/c1-19(9-13-4-7-15-16(8-13)26-11-25-15)17(23)22(18(24)21-19)10-12-2-5-14(20)6-3-12/h2-8H,9-11H2,1H3,(H,21,24). The average Bonchev–Trinajstić information content (AvgIpc) is 3.15. The van der Waals surface area contributed by atoms with Crippen molar-refractivity contribution in [3.8, 4) is 11.5 Å². The smallest absolute Gasteiger partial charge is 0.325 e. The molecule has 0 aliphatic carbocycles. The zero-order valence-electron chi connectivity index (χ0n) is 14.1. The van der Waals surface area contributed by atoms with Crippen LogP contribution in [0.25, 0.3) is 0 Å². The molecular formula is C19H17ClN2O4. The monoisotopic (exact) mass is 372 g/mol. The Morgan fingerprint density at radius 1 is 1.08 bits per heavy atom. The van der Waals surface area contributed by atoms with Crippen LogP contribution in [0.4, 0.5) is 4.79 Å². The Balaban J connectivity index is 1.52. The summed E-state index contributed by atoms with van der Waals surface area (Å²) >= 11 is 5.88. The van der Waals surface area contributed by atoms with Crippen molar-refractivity contribution in [3.63, 3.8) is 0 Å². The summed E-state index contributed by atoms with van der Waals surface area (Å²) < 4.78 is 10.7. The number of ether oxygens (including phenoxy) is 2. The molecule has 1 unspecified atom stereocenters. The maximum Gasteiger partial charge on any atom is 0.325 e. The Hall–Kier alpha value is -2.73. The van der Waals surface area contributed by atoms with Gasteiger partial charge < -0.3 is 14.8 Å². The van der Waals surface area contributed by atoms with Gasteiger partial charge in [-0.05, 0) is 42.3 Å². The molecule has 2 aliphatic rings. The molecule has 0 bridgehead atoms. The molecule has 6 nitrogen and oxygen atoms in total. The van der Waals surface area contributed by atoms with Gasteiger partial charge in [-0.1, -0.05) is 29.8 Å². The van der Waals surface area contributed by atoms with E-state index < -0.39 is 11.6 Å². The molecule has 26 heavy (non-hydrogen) atoms. The molecular weight excluding hydrogens is 356 g/mol. The van der Waals surface area contributed by atoms with E-state index >= 15 is 0 Å². The van der Waals surface area contributed by atoms with E-state index in [2.05, 4.69) is 5.32 Å². The molecule has 2 aromatic rings. The number of carbonyl (C=O) groups excluding carboxylic acids is 2. The van der Waals surface area contributed by atoms with Gasteiger partial charge in [0.15, 0.2) is 11.5 Å². The third-order valence-corrected chi connectivity index (χ3v) is 4.85. The lowest BCUT2D eigenvalue weighted by molar-refractivity contribution is -0.131. The molecule has 2 aromatic carbocycles. The van der Waals surface area contributed by atoms with E-state index in [4.69, 9.17) is 21.1 Å². The van der Waals surface area contributed by atoms with Crippen molar-refractivity contribution >= 4 is 23.5 Å². The van der Waals surface area contributed by atoms with Crippen molar-refractivity contribution in [1.82, 2.24) is 10.2 Å². The molecule has 2 aliphatic heterocycles. The Kier molecular flexibility index (Phi) is 4.00. The van der Waals surface area contributed by atoms with Gasteiger partial charge in [0, 0.05) is 11.4 Å². The van der Waals surface area contributed by atoms with Crippen molar-refractivity contribution in [2.45, 2.75) is 25.4 Å². The lowest BCUT2D eigenvalue weighted by Gasteiger charge is -2.22. The predicted octanol–water partition coefficient (Wildman–Crippen LogP) is 3.12. The summed E-state index contributed by atoms with van der Waals surface area (Å²) in [5, 5.41) is 3.43. The number of hydrogen-bond acceptors (Lipinski definition) is 4. The second kappa shape index (κ2) is 6.21. The van der Waals surface area contributed by atoms with Gasteiger partial charge >= 0.3 is 6.03 Å². The van der Waals surface area contributed by atoms with E-state index in [0.717, 1.165) is 11.1 Å². The summed E-state index contributed by atoms with van der Waals surface area (Å²) in [7, 11) is 0. The molecule has 134 valence electrons. The number of hydrogen-bond donors (Lipinski definition) is 1. The Morgan fingerprint density at radius 3 is 2.54 bits per heavy atom. The van der Waals surface area contributed by atoms with Crippen LogP contribution in [0.15, 0.2) is 42.5 Å². The van der Waals surface area contributed by atoms with E-state index in [-0.39, 0.29) is 19.2 Å². The minimum absolute atomic E-state index is 0.195. The Labute approximate surface area is 155 Å². The fraction of sp³-hybridized carbons (Fsp3) is 0.263. The van der Waals surface area contributed by atoms with Crippen LogP contribution < -0.4 is 14.8 Å². The van der Waals surface area contributed by atoms with Gasteiger partial charge in [-0.15, -0.1) is 0 Å². The number of amides is 3. The van der Waals surface area contributed by atoms with Gasteiger partial charge in [0.2, 0.25) is 6.79 Å². The molecule has 4 rings (SSSR count). The van der Waals surface area contributed by atoms with Crippen molar-refractivity contribution in [2.75, 3.05) is 6.79 Å². The van der Waals surface area contributed by atoms with E-state index in [1.54, 1.807) is 31.2 Å². The van der Waals surface area contributed by atoms with E-state index in [0.29, 0.717) is 22.9 Å². The molecule has 2 heterocycles. The molecule has 0 radical (unpaired) electrons. The topological polar surface area (TPSA) is 67.9 Å². The van der Waals surface area contributed by atoms with Crippen molar-refractivity contribution in [2.24, 2.45) is 0 Å². The number of carbonyl (C=O) groups is 2. The van der Waals surface area contributed by atoms with E-state index in [1.165, 1.54) is 4.90 Å². The van der Waals surface area contributed by atoms with Crippen molar-refractivity contribution in [3.05, 3.63) is 58.6 Å². The summed E-state index contributed by atoms with van der Waals surface area (Å²) in [6.45, 7) is 2.14. The minimum Gasteiger partial charge on any atom is -0.454 e. The molecule has 1 N–H and O–H groups in total. The summed E-state index contributed by atoms with van der Waals surface area (Å²) in [6.07, 6.45) is 0.366. The normalized spacial score (nSPS) is 21.2. The molecule has 1 fully saturated rings. The number of fused-ring (bicyclic) bond motifs is 1. The minimum atomic E-state index is -1.00. The average molecular weight is 373 g/mol. The van der Waals surface area contributed by atoms with Crippen LogP contribution in [-0.4, -0.2) is 29.2 Å². The van der Waals surface area contributed by atoms with Crippen molar-refractivity contribution in [1.29, 1.82) is 0 Å². The highest BCUT2D eigenvalue weighted by atomic mass is 35.5. The summed E-state index contributed by atoms with van der Waals surface area (Å²) in [6, 6.07) is 12.2. The third-order valence-electron chi connectivity index (χ3n) is 4.59. The van der Waals surface area contributed by atoms with Crippen LogP contribution in [-0.2, 0) is 17.8 Å². The summed E-state index contributed by atoms with van der Waals surface area (Å²) in [4.78, 5) is 26.5. The molecule has 0 saturated carbocycles. The first kappa shape index (κ1) is 16.7. The SMILES string of the molecule is CC1(Cc2ccc3c(c2)OCO3)NC(=O)N(Cc2ccc(Cl)cc2)C1=O. The lowest BCUT2D eigenvalue weighted by Crippen LogP contribution is -2.45. The molecule has 7 heteroatoms. The van der Waals surface area contributed by atoms with E-state index in [1.807, 2.05) is 18.2 Å². The number of nitrogens with zero attached hydrogens (tertiary/aromatic N) is 1. The van der Waals surface area contributed by atoms with Gasteiger partial charge in [-0.25, -0.2) is 4.79 Å². The number of urea groups is 1. The number of imide groups is 1. The van der Waals surface area contributed by atoms with E-state index in [9.17, 15) is 9.59 Å². The number of nitrogens with one attached hydrogen (secondary N) is 1. The maximum atomic E-state index is 12.9. The Morgan fingerprint density at radius 2 is 1.77 bits per heavy atom. The first-order valence-corrected chi connectivity index (χ1v) is 8.59. The van der Waals surface area contributed by atoms with Crippen molar-refractivity contribution < 1.29 is 19.1 Å². The highest BCUT2D eigenvalue weighted by molar-refractivity contribution is 6.30. The highest BCUT2D eigenvalue weighted by Gasteiger charge is 2.47. The predicted molar refractivity (Wildman–Crippen MR) is 95.2 cm³/mol. The van der Waals surface area contributed by atoms with Crippen LogP contribution in [0.3, 0.4) is 0 Å². The van der Waals surface area contributed by atoms with Crippen LogP contribution >= 0.6 is 11.6 Å². The second-order valence-corrected chi connectivity index (χ2v) is 7.08. The fourth-order valence-electron chi connectivity index (χ4n) is 3.24. The van der Waals surface area contributed by atoms with Gasteiger partial charge in [0.05, 0.1) is 6.54 Å². The number of rotatable bonds is 4. The zero-order valence-corrected chi connectivity index (χ0v) is 14.9. The summed E-state index contributed by atoms with van der Waals surface area (Å²) in [5.74, 6) is 1.08. The quantitative estimate of drug-likeness (QED) is 0.837. The number of halogens is 1. The first-order chi connectivity index (χ1) is 12.4. The van der Waals surface area contributed by atoms with Crippen LogP contribution in [0, 0.1) is 0 Å². The molecule has 1 atom stereocenters. The van der Waals surface area contributed by atoms with Crippen LogP contribution in [0.5, 0.6) is 11.5 Å². The largest absolute Gasteiger partial charge is 0.454 e. The van der Waals surface area contributed by atoms with Gasteiger partial charge in [-0.2, -0.15) is 0 Å².